The van der Waals surface area contributed by atoms with Gasteiger partial charge in [0.2, 0.25) is 0 Å². The van der Waals surface area contributed by atoms with Crippen molar-refractivity contribution in [1.82, 2.24) is 5.32 Å². The number of benzene rings is 1. The Labute approximate surface area is 123 Å². The third-order valence-electron chi connectivity index (χ3n) is 4.70. The van der Waals surface area contributed by atoms with Crippen LogP contribution in [0.3, 0.4) is 0 Å². The molecule has 0 aromatic heterocycles. The SMILES string of the molecule is CCNC(COCC)C1(c2ccccc2)CCCCC1. The summed E-state index contributed by atoms with van der Waals surface area (Å²) in [7, 11) is 0. The number of hydrogen-bond acceptors (Lipinski definition) is 2. The van der Waals surface area contributed by atoms with Crippen LogP contribution in [-0.2, 0) is 10.2 Å². The van der Waals surface area contributed by atoms with Crippen molar-refractivity contribution in [2.24, 2.45) is 0 Å². The highest BCUT2D eigenvalue weighted by Crippen LogP contribution is 2.42. The monoisotopic (exact) mass is 275 g/mol. The minimum atomic E-state index is 0.255. The fraction of sp³-hybridized carbons (Fsp3) is 0.667. The number of rotatable bonds is 7. The van der Waals surface area contributed by atoms with E-state index in [-0.39, 0.29) is 5.41 Å². The Morgan fingerprint density at radius 1 is 1.10 bits per heavy atom. The van der Waals surface area contributed by atoms with Crippen molar-refractivity contribution in [3.63, 3.8) is 0 Å². The van der Waals surface area contributed by atoms with Crippen LogP contribution in [0.1, 0.15) is 51.5 Å². The van der Waals surface area contributed by atoms with Crippen LogP contribution in [0.25, 0.3) is 0 Å². The fourth-order valence-corrected chi connectivity index (χ4v) is 3.69. The molecule has 0 heterocycles. The van der Waals surface area contributed by atoms with Crippen molar-refractivity contribution in [2.75, 3.05) is 19.8 Å². The summed E-state index contributed by atoms with van der Waals surface area (Å²) in [4.78, 5) is 0. The number of likely N-dealkylation sites (N-methyl/N-ethyl adjacent to an activating group) is 1. The van der Waals surface area contributed by atoms with Crippen LogP contribution in [0.2, 0.25) is 0 Å². The molecule has 1 aromatic rings. The van der Waals surface area contributed by atoms with E-state index in [0.717, 1.165) is 19.8 Å². The molecule has 112 valence electrons. The molecule has 1 aliphatic carbocycles. The molecule has 1 unspecified atom stereocenters. The maximum absolute atomic E-state index is 5.79. The van der Waals surface area contributed by atoms with E-state index >= 15 is 0 Å². The van der Waals surface area contributed by atoms with Crippen LogP contribution in [0, 0.1) is 0 Å². The minimum absolute atomic E-state index is 0.255. The Morgan fingerprint density at radius 3 is 2.40 bits per heavy atom. The Hall–Kier alpha value is -0.860. The zero-order valence-corrected chi connectivity index (χ0v) is 13.0. The first kappa shape index (κ1) is 15.5. The zero-order valence-electron chi connectivity index (χ0n) is 13.0. The van der Waals surface area contributed by atoms with Gasteiger partial charge in [0.25, 0.3) is 0 Å². The summed E-state index contributed by atoms with van der Waals surface area (Å²) < 4.78 is 5.79. The largest absolute Gasteiger partial charge is 0.380 e. The molecule has 0 bridgehead atoms. The number of hydrogen-bond donors (Lipinski definition) is 1. The summed E-state index contributed by atoms with van der Waals surface area (Å²) in [6, 6.07) is 11.5. The van der Waals surface area contributed by atoms with Crippen molar-refractivity contribution < 1.29 is 4.74 Å². The van der Waals surface area contributed by atoms with Gasteiger partial charge in [0.1, 0.15) is 0 Å². The molecule has 2 heteroatoms. The summed E-state index contributed by atoms with van der Waals surface area (Å²) in [5, 5.41) is 3.70. The molecule has 0 radical (unpaired) electrons. The molecule has 0 saturated heterocycles. The fourth-order valence-electron chi connectivity index (χ4n) is 3.69. The maximum Gasteiger partial charge on any atom is 0.0628 e. The van der Waals surface area contributed by atoms with Crippen molar-refractivity contribution in [2.45, 2.75) is 57.4 Å². The molecule has 1 aliphatic rings. The van der Waals surface area contributed by atoms with Gasteiger partial charge in [-0.2, -0.15) is 0 Å². The quantitative estimate of drug-likeness (QED) is 0.815. The first-order valence-corrected chi connectivity index (χ1v) is 8.20. The van der Waals surface area contributed by atoms with Gasteiger partial charge in [-0.25, -0.2) is 0 Å². The number of nitrogens with one attached hydrogen (secondary N) is 1. The average Bonchev–Trinajstić information content (AvgIpc) is 2.53. The van der Waals surface area contributed by atoms with Crippen LogP contribution in [0.4, 0.5) is 0 Å². The first-order chi connectivity index (χ1) is 9.83. The summed E-state index contributed by atoms with van der Waals surface area (Å²) in [6.07, 6.45) is 6.61. The van der Waals surface area contributed by atoms with E-state index in [4.69, 9.17) is 4.74 Å². The Balaban J connectivity index is 2.28. The van der Waals surface area contributed by atoms with Gasteiger partial charge >= 0.3 is 0 Å². The molecule has 0 amide bonds. The summed E-state index contributed by atoms with van der Waals surface area (Å²) >= 11 is 0. The van der Waals surface area contributed by atoms with Gasteiger partial charge in [0.15, 0.2) is 0 Å². The Bertz CT molecular complexity index is 370. The van der Waals surface area contributed by atoms with Crippen molar-refractivity contribution in [3.8, 4) is 0 Å². The van der Waals surface area contributed by atoms with Gasteiger partial charge in [0.05, 0.1) is 6.61 Å². The van der Waals surface area contributed by atoms with Crippen LogP contribution in [0.15, 0.2) is 30.3 Å². The van der Waals surface area contributed by atoms with Crippen LogP contribution in [-0.4, -0.2) is 25.8 Å². The summed E-state index contributed by atoms with van der Waals surface area (Å²) in [6.45, 7) is 6.90. The molecular formula is C18H29NO. The molecule has 2 nitrogen and oxygen atoms in total. The van der Waals surface area contributed by atoms with Gasteiger partial charge in [-0.3, -0.25) is 0 Å². The predicted octanol–water partition coefficient (Wildman–Crippen LogP) is 3.90. The van der Waals surface area contributed by atoms with Gasteiger partial charge < -0.3 is 10.1 Å². The molecule has 1 aromatic carbocycles. The van der Waals surface area contributed by atoms with E-state index in [2.05, 4.69) is 49.5 Å². The molecular weight excluding hydrogens is 246 g/mol. The van der Waals surface area contributed by atoms with Gasteiger partial charge in [-0.15, -0.1) is 0 Å². The second-order valence-electron chi connectivity index (χ2n) is 5.85. The van der Waals surface area contributed by atoms with Crippen LogP contribution >= 0.6 is 0 Å². The normalized spacial score (nSPS) is 19.7. The first-order valence-electron chi connectivity index (χ1n) is 8.20. The lowest BCUT2D eigenvalue weighted by Crippen LogP contribution is -2.52. The Morgan fingerprint density at radius 2 is 1.80 bits per heavy atom. The second-order valence-corrected chi connectivity index (χ2v) is 5.85. The molecule has 1 saturated carbocycles. The van der Waals surface area contributed by atoms with Crippen molar-refractivity contribution in [3.05, 3.63) is 35.9 Å². The topological polar surface area (TPSA) is 21.3 Å². The lowest BCUT2D eigenvalue weighted by atomic mass is 9.65. The molecule has 0 aliphatic heterocycles. The van der Waals surface area contributed by atoms with Crippen molar-refractivity contribution in [1.29, 1.82) is 0 Å². The smallest absolute Gasteiger partial charge is 0.0628 e. The predicted molar refractivity (Wildman–Crippen MR) is 85.2 cm³/mol. The van der Waals surface area contributed by atoms with Crippen LogP contribution < -0.4 is 5.32 Å². The standard InChI is InChI=1S/C18H29NO/c1-3-19-17(15-20-4-2)18(13-9-6-10-14-18)16-11-7-5-8-12-16/h5,7-8,11-12,17,19H,3-4,6,9-10,13-15H2,1-2H3. The second kappa shape index (κ2) is 7.80. The summed E-state index contributed by atoms with van der Waals surface area (Å²) in [5.41, 5.74) is 1.75. The van der Waals surface area contributed by atoms with E-state index in [1.165, 1.54) is 37.7 Å². The zero-order chi connectivity index (χ0) is 14.3. The van der Waals surface area contributed by atoms with Gasteiger partial charge in [0, 0.05) is 18.1 Å². The third kappa shape index (κ3) is 3.42. The highest BCUT2D eigenvalue weighted by molar-refractivity contribution is 5.28. The number of ether oxygens (including phenoxy) is 1. The highest BCUT2D eigenvalue weighted by atomic mass is 16.5. The molecule has 0 spiro atoms. The van der Waals surface area contributed by atoms with Gasteiger partial charge in [-0.05, 0) is 31.9 Å². The molecule has 1 atom stereocenters. The molecule has 1 N–H and O–H groups in total. The van der Waals surface area contributed by atoms with Gasteiger partial charge in [-0.1, -0.05) is 56.5 Å². The summed E-state index contributed by atoms with van der Waals surface area (Å²) in [5.74, 6) is 0. The van der Waals surface area contributed by atoms with Crippen molar-refractivity contribution >= 4 is 0 Å². The Kier molecular flexibility index (Phi) is 6.06. The molecule has 1 fully saturated rings. The van der Waals surface area contributed by atoms with E-state index < -0.39 is 0 Å². The van der Waals surface area contributed by atoms with E-state index in [9.17, 15) is 0 Å². The van der Waals surface area contributed by atoms with E-state index in [0.29, 0.717) is 6.04 Å². The lowest BCUT2D eigenvalue weighted by Gasteiger charge is -2.44. The average molecular weight is 275 g/mol. The van der Waals surface area contributed by atoms with E-state index in [1.54, 1.807) is 0 Å². The highest BCUT2D eigenvalue weighted by Gasteiger charge is 2.40. The molecule has 20 heavy (non-hydrogen) atoms. The minimum Gasteiger partial charge on any atom is -0.380 e. The van der Waals surface area contributed by atoms with Crippen LogP contribution in [0.5, 0.6) is 0 Å². The third-order valence-corrected chi connectivity index (χ3v) is 4.70. The molecule has 2 rings (SSSR count). The lowest BCUT2D eigenvalue weighted by molar-refractivity contribution is 0.0783. The van der Waals surface area contributed by atoms with E-state index in [1.807, 2.05) is 0 Å². The maximum atomic E-state index is 5.79.